The number of hydrogen-bond donors (Lipinski definition) is 0. The molecule has 0 aliphatic rings. The van der Waals surface area contributed by atoms with Gasteiger partial charge in [-0.05, 0) is 36.6 Å². The number of benzene rings is 3. The van der Waals surface area contributed by atoms with Crippen molar-refractivity contribution in [1.82, 2.24) is 0 Å². The van der Waals surface area contributed by atoms with E-state index in [1.165, 1.54) is 33.1 Å². The quantitative estimate of drug-likeness (QED) is 0.170. The van der Waals surface area contributed by atoms with Gasteiger partial charge in [-0.3, -0.25) is 4.99 Å². The van der Waals surface area contributed by atoms with Crippen LogP contribution in [0.25, 0.3) is 0 Å². The first-order chi connectivity index (χ1) is 17.1. The fourth-order valence-corrected chi connectivity index (χ4v) is 6.33. The summed E-state index contributed by atoms with van der Waals surface area (Å²) in [4.78, 5) is 4.76. The highest BCUT2D eigenvalue weighted by Crippen LogP contribution is 2.51. The van der Waals surface area contributed by atoms with E-state index >= 15 is 0 Å². The first-order valence-corrected chi connectivity index (χ1v) is 13.7. The van der Waals surface area contributed by atoms with Crippen LogP contribution in [0.5, 0.6) is 5.75 Å². The zero-order valence-electron chi connectivity index (χ0n) is 23.5. The summed E-state index contributed by atoms with van der Waals surface area (Å²) < 4.78 is 11.7. The summed E-state index contributed by atoms with van der Waals surface area (Å²) in [6.07, 6.45) is 0.986. The standard InChI is InChI=1S/C32H42NO2P/c1-10-32(7,27-20-22(2)19-26(31(4,5)6)29(27)35-21-34-9)36-30-23(3)15-14-18-25(30)28(33-8)24-16-12-11-13-17-24/h11-20,36H,10,21H2,1-9H3. The largest absolute Gasteiger partial charge is 0.467 e. The van der Waals surface area contributed by atoms with Gasteiger partial charge < -0.3 is 9.47 Å². The van der Waals surface area contributed by atoms with Crippen LogP contribution < -0.4 is 10.0 Å². The van der Waals surface area contributed by atoms with E-state index in [1.54, 1.807) is 7.11 Å². The molecule has 3 aromatic carbocycles. The molecular formula is C32H42NO2P. The highest BCUT2D eigenvalue weighted by molar-refractivity contribution is 7.49. The minimum atomic E-state index is -0.120. The molecule has 0 fully saturated rings. The molecule has 0 aliphatic carbocycles. The summed E-state index contributed by atoms with van der Waals surface area (Å²) in [5.41, 5.74) is 8.38. The van der Waals surface area contributed by atoms with Gasteiger partial charge in [-0.1, -0.05) is 109 Å². The van der Waals surface area contributed by atoms with Gasteiger partial charge in [0.2, 0.25) is 0 Å². The molecule has 0 bridgehead atoms. The van der Waals surface area contributed by atoms with Crippen molar-refractivity contribution in [3.05, 3.63) is 94.0 Å². The molecule has 192 valence electrons. The summed E-state index contributed by atoms with van der Waals surface area (Å²) in [7, 11) is 4.11. The minimum Gasteiger partial charge on any atom is -0.467 e. The molecule has 0 heterocycles. The van der Waals surface area contributed by atoms with Crippen molar-refractivity contribution in [2.24, 2.45) is 4.99 Å². The predicted molar refractivity (Wildman–Crippen MR) is 157 cm³/mol. The molecule has 0 aromatic heterocycles. The van der Waals surface area contributed by atoms with Crippen LogP contribution in [0.3, 0.4) is 0 Å². The number of methoxy groups -OCH3 is 1. The lowest BCUT2D eigenvalue weighted by atomic mass is 9.81. The van der Waals surface area contributed by atoms with E-state index < -0.39 is 0 Å². The number of rotatable bonds is 9. The van der Waals surface area contributed by atoms with Crippen LogP contribution in [-0.4, -0.2) is 26.7 Å². The third kappa shape index (κ3) is 6.07. The first kappa shape index (κ1) is 28.1. The average molecular weight is 504 g/mol. The lowest BCUT2D eigenvalue weighted by Crippen LogP contribution is -2.26. The Kier molecular flexibility index (Phi) is 9.14. The Morgan fingerprint density at radius 3 is 2.17 bits per heavy atom. The van der Waals surface area contributed by atoms with Gasteiger partial charge in [0.15, 0.2) is 6.79 Å². The highest BCUT2D eigenvalue weighted by atomic mass is 31.1. The molecule has 2 unspecified atom stereocenters. The van der Waals surface area contributed by atoms with Gasteiger partial charge in [-0.2, -0.15) is 0 Å². The summed E-state index contributed by atoms with van der Waals surface area (Å²) in [6.45, 7) is 16.1. The van der Waals surface area contributed by atoms with Crippen molar-refractivity contribution in [2.45, 2.75) is 65.5 Å². The topological polar surface area (TPSA) is 30.8 Å². The number of nitrogens with zero attached hydrogens (tertiary/aromatic N) is 1. The van der Waals surface area contributed by atoms with Gasteiger partial charge in [-0.25, -0.2) is 0 Å². The van der Waals surface area contributed by atoms with Crippen LogP contribution >= 0.6 is 8.58 Å². The Balaban J connectivity index is 2.21. The molecule has 3 rings (SSSR count). The van der Waals surface area contributed by atoms with Crippen molar-refractivity contribution in [3.8, 4) is 5.75 Å². The highest BCUT2D eigenvalue weighted by Gasteiger charge is 2.34. The van der Waals surface area contributed by atoms with Gasteiger partial charge in [0.25, 0.3) is 0 Å². The van der Waals surface area contributed by atoms with Crippen LogP contribution in [-0.2, 0) is 15.3 Å². The van der Waals surface area contributed by atoms with E-state index in [4.69, 9.17) is 14.5 Å². The molecule has 0 radical (unpaired) electrons. The molecule has 3 aromatic rings. The fraction of sp³-hybridized carbons (Fsp3) is 0.406. The van der Waals surface area contributed by atoms with Crippen LogP contribution in [0.2, 0.25) is 0 Å². The molecule has 0 saturated carbocycles. The fourth-order valence-electron chi connectivity index (χ4n) is 4.67. The maximum atomic E-state index is 6.34. The molecule has 2 atom stereocenters. The normalized spacial score (nSPS) is 14.3. The molecule has 0 saturated heterocycles. The molecular weight excluding hydrogens is 461 g/mol. The van der Waals surface area contributed by atoms with Crippen molar-refractivity contribution in [3.63, 3.8) is 0 Å². The van der Waals surface area contributed by atoms with Crippen LogP contribution in [0.4, 0.5) is 0 Å². The van der Waals surface area contributed by atoms with Crippen LogP contribution in [0, 0.1) is 13.8 Å². The third-order valence-electron chi connectivity index (χ3n) is 6.86. The van der Waals surface area contributed by atoms with Crippen molar-refractivity contribution in [1.29, 1.82) is 0 Å². The van der Waals surface area contributed by atoms with Gasteiger partial charge in [0.1, 0.15) is 5.75 Å². The number of aryl methyl sites for hydroxylation is 2. The van der Waals surface area contributed by atoms with Gasteiger partial charge in [-0.15, -0.1) is 0 Å². The Morgan fingerprint density at radius 2 is 1.58 bits per heavy atom. The molecule has 4 heteroatoms. The molecule has 0 amide bonds. The predicted octanol–water partition coefficient (Wildman–Crippen LogP) is 7.68. The summed E-state index contributed by atoms with van der Waals surface area (Å²) in [5.74, 6) is 0.967. The summed E-state index contributed by atoms with van der Waals surface area (Å²) >= 11 is 0. The van der Waals surface area contributed by atoms with Gasteiger partial charge >= 0.3 is 0 Å². The third-order valence-corrected chi connectivity index (χ3v) is 8.95. The second-order valence-electron chi connectivity index (χ2n) is 10.7. The molecule has 0 aliphatic heterocycles. The van der Waals surface area contributed by atoms with Gasteiger partial charge in [0, 0.05) is 41.6 Å². The first-order valence-electron chi connectivity index (χ1n) is 12.7. The summed E-state index contributed by atoms with van der Waals surface area (Å²) in [6, 6.07) is 21.7. The van der Waals surface area contributed by atoms with E-state index in [9.17, 15) is 0 Å². The van der Waals surface area contributed by atoms with E-state index in [0.29, 0.717) is 8.58 Å². The second-order valence-corrected chi connectivity index (χ2v) is 12.6. The zero-order chi connectivity index (χ0) is 26.5. The lowest BCUT2D eigenvalue weighted by molar-refractivity contribution is 0.0487. The smallest absolute Gasteiger partial charge is 0.188 e. The Bertz CT molecular complexity index is 1210. The van der Waals surface area contributed by atoms with Crippen molar-refractivity contribution >= 4 is 19.6 Å². The lowest BCUT2D eigenvalue weighted by Gasteiger charge is -2.35. The van der Waals surface area contributed by atoms with Crippen molar-refractivity contribution < 1.29 is 9.47 Å². The summed E-state index contributed by atoms with van der Waals surface area (Å²) in [5, 5.41) is 1.24. The Labute approximate surface area is 220 Å². The molecule has 3 nitrogen and oxygen atoms in total. The number of hydrogen-bond acceptors (Lipinski definition) is 3. The van der Waals surface area contributed by atoms with E-state index in [2.05, 4.69) is 109 Å². The molecule has 36 heavy (non-hydrogen) atoms. The Morgan fingerprint density at radius 1 is 0.917 bits per heavy atom. The molecule has 0 spiro atoms. The van der Waals surface area contributed by atoms with E-state index in [-0.39, 0.29) is 17.4 Å². The maximum Gasteiger partial charge on any atom is 0.188 e. The Hall–Kier alpha value is -2.48. The average Bonchev–Trinajstić information content (AvgIpc) is 2.85. The van der Waals surface area contributed by atoms with E-state index in [1.807, 2.05) is 7.05 Å². The van der Waals surface area contributed by atoms with E-state index in [0.717, 1.165) is 23.4 Å². The zero-order valence-corrected chi connectivity index (χ0v) is 24.5. The van der Waals surface area contributed by atoms with Crippen LogP contribution in [0.1, 0.15) is 74.4 Å². The van der Waals surface area contributed by atoms with Crippen LogP contribution in [0.15, 0.2) is 65.7 Å². The van der Waals surface area contributed by atoms with Crippen molar-refractivity contribution in [2.75, 3.05) is 21.0 Å². The number of aliphatic imine (C=N–C) groups is 1. The maximum absolute atomic E-state index is 6.34. The number of ether oxygens (including phenoxy) is 2. The van der Waals surface area contributed by atoms with Gasteiger partial charge in [0.05, 0.1) is 5.71 Å². The SMILES string of the molecule is CCC(C)(Pc1c(C)cccc1C(=NC)c1ccccc1)c1cc(C)cc(C(C)(C)C)c1OCOC. The minimum absolute atomic E-state index is 0.0508. The monoisotopic (exact) mass is 503 g/mol. The molecule has 0 N–H and O–H groups in total. The second kappa shape index (κ2) is 11.7.